The van der Waals surface area contributed by atoms with Crippen molar-refractivity contribution in [2.45, 2.75) is 19.1 Å². The lowest BCUT2D eigenvalue weighted by molar-refractivity contribution is -0.201. The minimum absolute atomic E-state index is 0.0926. The van der Waals surface area contributed by atoms with Crippen molar-refractivity contribution < 1.29 is 9.57 Å². The molecule has 0 aromatic rings. The monoisotopic (exact) mass is 143 g/mol. The number of hydroxylamine groups is 2. The summed E-state index contributed by atoms with van der Waals surface area (Å²) in [6.45, 7) is 0. The third-order valence-corrected chi connectivity index (χ3v) is 1.60. The number of methoxy groups -OCH3 is 1. The molecule has 3 heteroatoms. The Morgan fingerprint density at radius 3 is 2.80 bits per heavy atom. The molecule has 1 heterocycles. The minimum Gasteiger partial charge on any atom is -0.359 e. The summed E-state index contributed by atoms with van der Waals surface area (Å²) in [5.41, 5.74) is 0. The zero-order chi connectivity index (χ0) is 7.40. The standard InChI is InChI=1S/C7H13NO2/c1-9-7-5-3-4-6-8(7)10-2/h4,6-7H,3,5H2,1-2H3. The van der Waals surface area contributed by atoms with Crippen LogP contribution in [0.3, 0.4) is 0 Å². The largest absolute Gasteiger partial charge is 0.359 e. The van der Waals surface area contributed by atoms with Crippen LogP contribution in [0.15, 0.2) is 12.3 Å². The van der Waals surface area contributed by atoms with Gasteiger partial charge in [-0.05, 0) is 12.8 Å². The van der Waals surface area contributed by atoms with Crippen molar-refractivity contribution in [3.8, 4) is 0 Å². The molecule has 1 aliphatic rings. The summed E-state index contributed by atoms with van der Waals surface area (Å²) in [6, 6.07) is 0. The molecule has 1 aliphatic heterocycles. The van der Waals surface area contributed by atoms with Crippen LogP contribution in [0.25, 0.3) is 0 Å². The molecule has 0 fully saturated rings. The quantitative estimate of drug-likeness (QED) is 0.578. The van der Waals surface area contributed by atoms with Crippen LogP contribution in [0.4, 0.5) is 0 Å². The van der Waals surface area contributed by atoms with E-state index in [2.05, 4.69) is 6.08 Å². The molecular weight excluding hydrogens is 130 g/mol. The molecule has 3 nitrogen and oxygen atoms in total. The molecule has 0 spiro atoms. The molecule has 1 rings (SSSR count). The minimum atomic E-state index is 0.0926. The van der Waals surface area contributed by atoms with E-state index in [4.69, 9.17) is 9.57 Å². The van der Waals surface area contributed by atoms with Crippen molar-refractivity contribution in [2.75, 3.05) is 14.2 Å². The lowest BCUT2D eigenvalue weighted by atomic mass is 10.2. The van der Waals surface area contributed by atoms with E-state index in [9.17, 15) is 0 Å². The second-order valence-corrected chi connectivity index (χ2v) is 2.19. The first kappa shape index (κ1) is 7.57. The first-order chi connectivity index (χ1) is 4.88. The number of hydrogen-bond donors (Lipinski definition) is 0. The predicted molar refractivity (Wildman–Crippen MR) is 38.0 cm³/mol. The van der Waals surface area contributed by atoms with Gasteiger partial charge in [0, 0.05) is 13.3 Å². The van der Waals surface area contributed by atoms with Gasteiger partial charge in [-0.2, -0.15) is 0 Å². The van der Waals surface area contributed by atoms with Crippen molar-refractivity contribution >= 4 is 0 Å². The number of allylic oxidation sites excluding steroid dienone is 1. The van der Waals surface area contributed by atoms with E-state index in [0.717, 1.165) is 12.8 Å². The van der Waals surface area contributed by atoms with Gasteiger partial charge in [-0.1, -0.05) is 6.08 Å². The molecule has 0 saturated carbocycles. The van der Waals surface area contributed by atoms with Gasteiger partial charge in [-0.25, -0.2) is 5.06 Å². The molecule has 0 radical (unpaired) electrons. The fraction of sp³-hybridized carbons (Fsp3) is 0.714. The number of hydrogen-bond acceptors (Lipinski definition) is 3. The van der Waals surface area contributed by atoms with Crippen LogP contribution in [-0.2, 0) is 9.57 Å². The van der Waals surface area contributed by atoms with E-state index in [1.165, 1.54) is 0 Å². The molecule has 0 amide bonds. The van der Waals surface area contributed by atoms with Crippen LogP contribution < -0.4 is 0 Å². The highest BCUT2D eigenvalue weighted by molar-refractivity contribution is 4.86. The smallest absolute Gasteiger partial charge is 0.153 e. The van der Waals surface area contributed by atoms with Crippen molar-refractivity contribution in [3.05, 3.63) is 12.3 Å². The van der Waals surface area contributed by atoms with E-state index >= 15 is 0 Å². The Bertz CT molecular complexity index is 125. The third-order valence-electron chi connectivity index (χ3n) is 1.60. The Morgan fingerprint density at radius 2 is 2.30 bits per heavy atom. The topological polar surface area (TPSA) is 21.7 Å². The zero-order valence-corrected chi connectivity index (χ0v) is 6.41. The first-order valence-electron chi connectivity index (χ1n) is 3.40. The Hall–Kier alpha value is -0.540. The van der Waals surface area contributed by atoms with E-state index in [-0.39, 0.29) is 6.23 Å². The predicted octanol–water partition coefficient (Wildman–Crippen LogP) is 1.13. The number of ether oxygens (including phenoxy) is 1. The zero-order valence-electron chi connectivity index (χ0n) is 6.41. The molecule has 0 N–H and O–H groups in total. The van der Waals surface area contributed by atoms with Crippen LogP contribution in [-0.4, -0.2) is 25.5 Å². The van der Waals surface area contributed by atoms with Gasteiger partial charge in [0.2, 0.25) is 0 Å². The molecule has 10 heavy (non-hydrogen) atoms. The maximum absolute atomic E-state index is 5.14. The summed E-state index contributed by atoms with van der Waals surface area (Å²) in [7, 11) is 3.33. The fourth-order valence-corrected chi connectivity index (χ4v) is 1.04. The molecule has 0 aromatic carbocycles. The highest BCUT2D eigenvalue weighted by Gasteiger charge is 2.15. The molecular formula is C7H13NO2. The highest BCUT2D eigenvalue weighted by atomic mass is 16.7. The van der Waals surface area contributed by atoms with Gasteiger partial charge < -0.3 is 4.74 Å². The van der Waals surface area contributed by atoms with Crippen LogP contribution in [0.1, 0.15) is 12.8 Å². The summed E-state index contributed by atoms with van der Waals surface area (Å²) in [5.74, 6) is 0. The lowest BCUT2D eigenvalue weighted by Crippen LogP contribution is -2.33. The van der Waals surface area contributed by atoms with Gasteiger partial charge in [-0.3, -0.25) is 4.84 Å². The van der Waals surface area contributed by atoms with Crippen molar-refractivity contribution in [1.29, 1.82) is 0 Å². The van der Waals surface area contributed by atoms with Crippen molar-refractivity contribution in [1.82, 2.24) is 5.06 Å². The second-order valence-electron chi connectivity index (χ2n) is 2.19. The summed E-state index contributed by atoms with van der Waals surface area (Å²) in [6.07, 6.45) is 6.13. The van der Waals surface area contributed by atoms with E-state index in [1.54, 1.807) is 19.3 Å². The fourth-order valence-electron chi connectivity index (χ4n) is 1.04. The molecule has 0 aromatic heterocycles. The third kappa shape index (κ3) is 1.49. The Labute approximate surface area is 61.2 Å². The van der Waals surface area contributed by atoms with E-state index < -0.39 is 0 Å². The van der Waals surface area contributed by atoms with Gasteiger partial charge in [0.15, 0.2) is 6.23 Å². The SMILES string of the molecule is COC1CCC=CN1OC. The van der Waals surface area contributed by atoms with Gasteiger partial charge >= 0.3 is 0 Å². The molecule has 58 valence electrons. The normalized spacial score (nSPS) is 25.4. The molecule has 1 unspecified atom stereocenters. The van der Waals surface area contributed by atoms with Crippen LogP contribution in [0, 0.1) is 0 Å². The van der Waals surface area contributed by atoms with Crippen molar-refractivity contribution in [3.63, 3.8) is 0 Å². The first-order valence-corrected chi connectivity index (χ1v) is 3.40. The van der Waals surface area contributed by atoms with Gasteiger partial charge in [0.1, 0.15) is 0 Å². The van der Waals surface area contributed by atoms with Crippen LogP contribution in [0.2, 0.25) is 0 Å². The number of rotatable bonds is 2. The molecule has 1 atom stereocenters. The second kappa shape index (κ2) is 3.58. The molecule has 0 bridgehead atoms. The maximum Gasteiger partial charge on any atom is 0.153 e. The van der Waals surface area contributed by atoms with Crippen LogP contribution in [0.5, 0.6) is 0 Å². The van der Waals surface area contributed by atoms with Crippen LogP contribution >= 0.6 is 0 Å². The summed E-state index contributed by atoms with van der Waals surface area (Å²) >= 11 is 0. The Morgan fingerprint density at radius 1 is 1.50 bits per heavy atom. The summed E-state index contributed by atoms with van der Waals surface area (Å²) in [5, 5.41) is 1.71. The van der Waals surface area contributed by atoms with Gasteiger partial charge in [0.05, 0.1) is 7.11 Å². The average molecular weight is 143 g/mol. The van der Waals surface area contributed by atoms with Gasteiger partial charge in [-0.15, -0.1) is 0 Å². The highest BCUT2D eigenvalue weighted by Crippen LogP contribution is 2.14. The molecule has 0 saturated heterocycles. The van der Waals surface area contributed by atoms with Gasteiger partial charge in [0.25, 0.3) is 0 Å². The molecule has 0 aliphatic carbocycles. The Balaban J connectivity index is 2.47. The van der Waals surface area contributed by atoms with Crippen molar-refractivity contribution in [2.24, 2.45) is 0 Å². The summed E-state index contributed by atoms with van der Waals surface area (Å²) in [4.78, 5) is 5.02. The summed E-state index contributed by atoms with van der Waals surface area (Å²) < 4.78 is 5.14. The maximum atomic E-state index is 5.14. The number of nitrogens with zero attached hydrogens (tertiary/aromatic N) is 1. The lowest BCUT2D eigenvalue weighted by Gasteiger charge is -2.29. The van der Waals surface area contributed by atoms with E-state index in [1.807, 2.05) is 6.20 Å². The Kier molecular flexibility index (Phi) is 2.71. The average Bonchev–Trinajstić information content (AvgIpc) is 2.04. The van der Waals surface area contributed by atoms with E-state index in [0.29, 0.717) is 0 Å².